The Balaban J connectivity index is 1.66. The quantitative estimate of drug-likeness (QED) is 0.842. The van der Waals surface area contributed by atoms with Crippen molar-refractivity contribution in [2.75, 3.05) is 26.2 Å². The molecule has 5 aliphatic rings. The van der Waals surface area contributed by atoms with E-state index in [0.29, 0.717) is 5.54 Å². The van der Waals surface area contributed by atoms with Gasteiger partial charge in [-0.2, -0.15) is 0 Å². The van der Waals surface area contributed by atoms with Crippen LogP contribution in [0.2, 0.25) is 0 Å². The summed E-state index contributed by atoms with van der Waals surface area (Å²) in [5, 5.41) is 0. The number of rotatable bonds is 2. The summed E-state index contributed by atoms with van der Waals surface area (Å²) >= 11 is 0. The molecule has 1 aliphatic heterocycles. The molecule has 0 aromatic rings. The lowest BCUT2D eigenvalue weighted by Crippen LogP contribution is -2.72. The van der Waals surface area contributed by atoms with Crippen LogP contribution in [0.15, 0.2) is 0 Å². The van der Waals surface area contributed by atoms with Crippen LogP contribution in [0, 0.1) is 23.7 Å². The maximum absolute atomic E-state index is 6.43. The SMILES string of the molecule is CC1(C)CN(C2(CN)C3CC4CC(C3)CC2C4)CCO1. The van der Waals surface area contributed by atoms with E-state index < -0.39 is 0 Å². The normalized spacial score (nSPS) is 50.5. The number of hydrogen-bond acceptors (Lipinski definition) is 3. The van der Waals surface area contributed by atoms with E-state index in [1.807, 2.05) is 0 Å². The Hall–Kier alpha value is -0.120. The van der Waals surface area contributed by atoms with E-state index in [2.05, 4.69) is 18.7 Å². The average molecular weight is 278 g/mol. The molecule has 0 amide bonds. The summed E-state index contributed by atoms with van der Waals surface area (Å²) in [7, 11) is 0. The molecule has 5 fully saturated rings. The van der Waals surface area contributed by atoms with E-state index in [1.54, 1.807) is 0 Å². The van der Waals surface area contributed by atoms with Gasteiger partial charge in [0.1, 0.15) is 0 Å². The number of nitrogens with zero attached hydrogens (tertiary/aromatic N) is 1. The summed E-state index contributed by atoms with van der Waals surface area (Å²) in [6.45, 7) is 8.35. The molecule has 3 nitrogen and oxygen atoms in total. The molecule has 0 radical (unpaired) electrons. The standard InChI is InChI=1S/C17H30N2O/c1-16(2)11-19(3-4-20-16)17(10-18)14-6-12-5-13(8-14)9-15(17)7-12/h12-15H,3-11,18H2,1-2H3. The van der Waals surface area contributed by atoms with Crippen molar-refractivity contribution in [2.24, 2.45) is 29.4 Å². The fraction of sp³-hybridized carbons (Fsp3) is 1.00. The smallest absolute Gasteiger partial charge is 0.0753 e. The third-order valence-electron chi connectivity index (χ3n) is 6.89. The van der Waals surface area contributed by atoms with Gasteiger partial charge in [0.2, 0.25) is 0 Å². The van der Waals surface area contributed by atoms with Crippen LogP contribution >= 0.6 is 0 Å². The van der Waals surface area contributed by atoms with Gasteiger partial charge in [0.25, 0.3) is 0 Å². The first-order valence-corrected chi connectivity index (χ1v) is 8.62. The molecule has 4 bridgehead atoms. The summed E-state index contributed by atoms with van der Waals surface area (Å²) in [6, 6.07) is 0. The third-order valence-corrected chi connectivity index (χ3v) is 6.89. The lowest BCUT2D eigenvalue weighted by atomic mass is 9.48. The van der Waals surface area contributed by atoms with Crippen molar-refractivity contribution in [1.82, 2.24) is 4.90 Å². The molecule has 0 aromatic heterocycles. The van der Waals surface area contributed by atoms with E-state index >= 15 is 0 Å². The minimum absolute atomic E-state index is 0.00488. The van der Waals surface area contributed by atoms with E-state index in [1.165, 1.54) is 32.1 Å². The first kappa shape index (κ1) is 13.5. The molecular weight excluding hydrogens is 248 g/mol. The lowest BCUT2D eigenvalue weighted by Gasteiger charge is -2.65. The van der Waals surface area contributed by atoms with Gasteiger partial charge in [0.15, 0.2) is 0 Å². The fourth-order valence-corrected chi connectivity index (χ4v) is 6.35. The Kier molecular flexibility index (Phi) is 3.00. The Morgan fingerprint density at radius 2 is 1.65 bits per heavy atom. The predicted molar refractivity (Wildman–Crippen MR) is 80.4 cm³/mol. The zero-order valence-corrected chi connectivity index (χ0v) is 13.1. The van der Waals surface area contributed by atoms with Crippen LogP contribution in [-0.4, -0.2) is 42.3 Å². The maximum Gasteiger partial charge on any atom is 0.0753 e. The van der Waals surface area contributed by atoms with E-state index in [9.17, 15) is 0 Å². The number of hydrogen-bond donors (Lipinski definition) is 1. The summed E-state index contributed by atoms with van der Waals surface area (Å²) in [5.41, 5.74) is 6.72. The van der Waals surface area contributed by atoms with Crippen molar-refractivity contribution in [3.63, 3.8) is 0 Å². The van der Waals surface area contributed by atoms with Crippen molar-refractivity contribution in [2.45, 2.75) is 57.1 Å². The number of morpholine rings is 1. The molecule has 4 saturated carbocycles. The monoisotopic (exact) mass is 278 g/mol. The maximum atomic E-state index is 6.43. The zero-order chi connectivity index (χ0) is 14.0. The topological polar surface area (TPSA) is 38.5 Å². The van der Waals surface area contributed by atoms with Crippen LogP contribution in [0.1, 0.15) is 46.0 Å². The van der Waals surface area contributed by atoms with Crippen LogP contribution in [-0.2, 0) is 4.74 Å². The molecule has 4 aliphatic carbocycles. The van der Waals surface area contributed by atoms with Crippen molar-refractivity contribution in [3.05, 3.63) is 0 Å². The molecule has 20 heavy (non-hydrogen) atoms. The van der Waals surface area contributed by atoms with Crippen molar-refractivity contribution in [1.29, 1.82) is 0 Å². The van der Waals surface area contributed by atoms with E-state index in [4.69, 9.17) is 10.5 Å². The third kappa shape index (κ3) is 1.82. The van der Waals surface area contributed by atoms with Gasteiger partial charge in [-0.05, 0) is 69.6 Å². The van der Waals surface area contributed by atoms with Crippen LogP contribution in [0.4, 0.5) is 0 Å². The van der Waals surface area contributed by atoms with Crippen LogP contribution < -0.4 is 5.73 Å². The van der Waals surface area contributed by atoms with Gasteiger partial charge >= 0.3 is 0 Å². The molecule has 114 valence electrons. The van der Waals surface area contributed by atoms with Crippen molar-refractivity contribution < 1.29 is 4.74 Å². The highest BCUT2D eigenvalue weighted by Gasteiger charge is 2.59. The minimum atomic E-state index is -0.00488. The molecule has 5 rings (SSSR count). The fourth-order valence-electron chi connectivity index (χ4n) is 6.35. The molecule has 3 heteroatoms. The molecular formula is C17H30N2O. The predicted octanol–water partition coefficient (Wildman–Crippen LogP) is 2.25. The first-order valence-electron chi connectivity index (χ1n) is 8.62. The molecule has 1 heterocycles. The van der Waals surface area contributed by atoms with E-state index in [-0.39, 0.29) is 5.60 Å². The summed E-state index contributed by atoms with van der Waals surface area (Å²) in [6.07, 6.45) is 7.30. The van der Waals surface area contributed by atoms with Gasteiger partial charge in [0, 0.05) is 25.2 Å². The second kappa shape index (κ2) is 4.44. The van der Waals surface area contributed by atoms with E-state index in [0.717, 1.165) is 49.9 Å². The second-order valence-corrected chi connectivity index (χ2v) is 8.53. The summed E-state index contributed by atoms with van der Waals surface area (Å²) < 4.78 is 5.95. The van der Waals surface area contributed by atoms with Crippen LogP contribution in [0.3, 0.4) is 0 Å². The van der Waals surface area contributed by atoms with Crippen molar-refractivity contribution in [3.8, 4) is 0 Å². The van der Waals surface area contributed by atoms with Crippen LogP contribution in [0.5, 0.6) is 0 Å². The highest BCUT2D eigenvalue weighted by Crippen LogP contribution is 2.60. The Labute approximate surface area is 123 Å². The van der Waals surface area contributed by atoms with Gasteiger partial charge < -0.3 is 10.5 Å². The highest BCUT2D eigenvalue weighted by molar-refractivity contribution is 5.13. The summed E-state index contributed by atoms with van der Waals surface area (Å²) in [4.78, 5) is 2.75. The second-order valence-electron chi connectivity index (χ2n) is 8.53. The Morgan fingerprint density at radius 1 is 1.05 bits per heavy atom. The largest absolute Gasteiger partial charge is 0.373 e. The molecule has 0 spiro atoms. The average Bonchev–Trinajstić information content (AvgIpc) is 2.37. The van der Waals surface area contributed by atoms with Crippen LogP contribution in [0.25, 0.3) is 0 Å². The number of nitrogens with two attached hydrogens (primary N) is 1. The first-order chi connectivity index (χ1) is 9.53. The van der Waals surface area contributed by atoms with Gasteiger partial charge in [-0.15, -0.1) is 0 Å². The summed E-state index contributed by atoms with van der Waals surface area (Å²) in [5.74, 6) is 3.76. The van der Waals surface area contributed by atoms with Gasteiger partial charge in [-0.25, -0.2) is 0 Å². The Morgan fingerprint density at radius 3 is 2.15 bits per heavy atom. The minimum Gasteiger partial charge on any atom is -0.373 e. The highest BCUT2D eigenvalue weighted by atomic mass is 16.5. The van der Waals surface area contributed by atoms with Gasteiger partial charge in [-0.3, -0.25) is 4.90 Å². The zero-order valence-electron chi connectivity index (χ0n) is 13.1. The molecule has 2 N–H and O–H groups in total. The molecule has 1 saturated heterocycles. The Bertz CT molecular complexity index is 364. The molecule has 0 atom stereocenters. The van der Waals surface area contributed by atoms with Gasteiger partial charge in [0.05, 0.1) is 12.2 Å². The van der Waals surface area contributed by atoms with Gasteiger partial charge in [-0.1, -0.05) is 0 Å². The number of ether oxygens (including phenoxy) is 1. The molecule has 0 unspecified atom stereocenters. The molecule has 0 aromatic carbocycles. The lowest BCUT2D eigenvalue weighted by molar-refractivity contribution is -0.182. The van der Waals surface area contributed by atoms with Crippen molar-refractivity contribution >= 4 is 0 Å².